The van der Waals surface area contributed by atoms with E-state index in [0.717, 1.165) is 9.13 Å². The predicted octanol–water partition coefficient (Wildman–Crippen LogP) is 1.65. The largest absolute Gasteiger partial charge is 0.302 e. The lowest BCUT2D eigenvalue weighted by Gasteiger charge is -2.17. The molecule has 8 heteroatoms. The van der Waals surface area contributed by atoms with Gasteiger partial charge in [-0.3, -0.25) is 9.69 Å². The van der Waals surface area contributed by atoms with Crippen LogP contribution in [0.1, 0.15) is 12.0 Å². The first-order valence-electron chi connectivity index (χ1n) is 5.61. The monoisotopic (exact) mass is 398 g/mol. The third-order valence-corrected chi connectivity index (χ3v) is 4.37. The number of aryl methyl sites for hydroxylation is 1. The highest BCUT2D eigenvalue weighted by Gasteiger charge is 2.34. The Morgan fingerprint density at radius 3 is 2.84 bits per heavy atom. The fraction of sp³-hybridized carbons (Fsp3) is 0.455. The number of pyridine rings is 1. The van der Waals surface area contributed by atoms with Crippen LogP contribution in [0.25, 0.3) is 0 Å². The molecule has 1 aliphatic rings. The van der Waals surface area contributed by atoms with Crippen LogP contribution in [0.15, 0.2) is 12.3 Å². The molecule has 0 saturated carbocycles. The van der Waals surface area contributed by atoms with Gasteiger partial charge in [-0.05, 0) is 41.1 Å². The summed E-state index contributed by atoms with van der Waals surface area (Å²) in [6.07, 6.45) is 1.67. The molecule has 0 spiro atoms. The van der Waals surface area contributed by atoms with Gasteiger partial charge in [0.05, 0.1) is 5.75 Å². The minimum absolute atomic E-state index is 0.0380. The van der Waals surface area contributed by atoms with E-state index in [9.17, 15) is 17.1 Å². The highest BCUT2D eigenvalue weighted by Crippen LogP contribution is 2.27. The molecular weight excluding hydrogens is 386 g/mol. The van der Waals surface area contributed by atoms with Crippen molar-refractivity contribution in [3.8, 4) is 0 Å². The van der Waals surface area contributed by atoms with Crippen molar-refractivity contribution in [2.24, 2.45) is 5.92 Å². The molecule has 1 atom stereocenters. The summed E-state index contributed by atoms with van der Waals surface area (Å²) >= 11 is 2.12. The molecule has 1 amide bonds. The zero-order valence-electron chi connectivity index (χ0n) is 10.1. The lowest BCUT2D eigenvalue weighted by molar-refractivity contribution is -0.117. The minimum Gasteiger partial charge on any atom is -0.296 e. The Hall–Kier alpha value is -0.770. The number of rotatable bonds is 3. The van der Waals surface area contributed by atoms with Crippen LogP contribution in [0.3, 0.4) is 0 Å². The second-order valence-corrected chi connectivity index (χ2v) is 7.23. The van der Waals surface area contributed by atoms with Crippen molar-refractivity contribution in [2.45, 2.75) is 13.3 Å². The molecule has 1 unspecified atom stereocenters. The number of halogens is 2. The molecule has 2 heterocycles. The van der Waals surface area contributed by atoms with Gasteiger partial charge in [0.1, 0.15) is 5.82 Å². The maximum atomic E-state index is 12.7. The van der Waals surface area contributed by atoms with E-state index in [1.54, 1.807) is 6.20 Å². The Morgan fingerprint density at radius 1 is 1.58 bits per heavy atom. The molecule has 1 aromatic heterocycles. The zero-order valence-corrected chi connectivity index (χ0v) is 13.1. The Bertz CT molecular complexity index is 620. The minimum atomic E-state index is -4.55. The lowest BCUT2D eigenvalue weighted by atomic mass is 10.1. The Labute approximate surface area is 124 Å². The molecule has 2 rings (SSSR count). The molecule has 0 aromatic carbocycles. The highest BCUT2D eigenvalue weighted by molar-refractivity contribution is 14.1. The van der Waals surface area contributed by atoms with Crippen LogP contribution in [0.4, 0.5) is 9.70 Å². The normalized spacial score (nSPS) is 20.1. The standard InChI is InChI=1S/C11H12FIN2O3S/c1-7-2-9(13)4-14-11(7)15-5-8(3-10(15)16)6-19(12,17)18/h2,4,8H,3,5-6H2,1H3. The third-order valence-electron chi connectivity index (χ3n) is 2.91. The summed E-state index contributed by atoms with van der Waals surface area (Å²) in [5, 5.41) is 0. The molecule has 1 aromatic rings. The molecule has 104 valence electrons. The van der Waals surface area contributed by atoms with Gasteiger partial charge in [-0.25, -0.2) is 4.98 Å². The summed E-state index contributed by atoms with van der Waals surface area (Å²) in [5.41, 5.74) is 0.837. The van der Waals surface area contributed by atoms with E-state index in [4.69, 9.17) is 0 Å². The Morgan fingerprint density at radius 2 is 2.26 bits per heavy atom. The molecule has 1 saturated heterocycles. The number of hydrogen-bond donors (Lipinski definition) is 0. The number of hydrogen-bond acceptors (Lipinski definition) is 4. The van der Waals surface area contributed by atoms with Crippen molar-refractivity contribution in [2.75, 3.05) is 17.2 Å². The van der Waals surface area contributed by atoms with Gasteiger partial charge in [-0.2, -0.15) is 8.42 Å². The number of carbonyl (C=O) groups excluding carboxylic acids is 1. The summed E-state index contributed by atoms with van der Waals surface area (Å²) in [4.78, 5) is 17.5. The summed E-state index contributed by atoms with van der Waals surface area (Å²) in [7, 11) is -4.55. The number of carbonyl (C=O) groups is 1. The van der Waals surface area contributed by atoms with E-state index in [1.165, 1.54) is 4.90 Å². The topological polar surface area (TPSA) is 67.3 Å². The number of aromatic nitrogens is 1. The van der Waals surface area contributed by atoms with Crippen LogP contribution < -0.4 is 4.90 Å². The fourth-order valence-electron chi connectivity index (χ4n) is 2.20. The van der Waals surface area contributed by atoms with Crippen LogP contribution in [0.2, 0.25) is 0 Å². The first-order chi connectivity index (χ1) is 8.76. The van der Waals surface area contributed by atoms with Crippen LogP contribution in [0.5, 0.6) is 0 Å². The van der Waals surface area contributed by atoms with Gasteiger partial charge >= 0.3 is 10.2 Å². The second-order valence-electron chi connectivity index (χ2n) is 4.57. The Kier molecular flexibility index (Phi) is 4.09. The van der Waals surface area contributed by atoms with Crippen LogP contribution in [-0.2, 0) is 15.0 Å². The maximum Gasteiger partial charge on any atom is 0.302 e. The van der Waals surface area contributed by atoms with Gasteiger partial charge in [0, 0.05) is 28.7 Å². The van der Waals surface area contributed by atoms with E-state index in [1.807, 2.05) is 13.0 Å². The molecule has 19 heavy (non-hydrogen) atoms. The number of anilines is 1. The van der Waals surface area contributed by atoms with Crippen molar-refractivity contribution in [3.63, 3.8) is 0 Å². The molecule has 0 radical (unpaired) electrons. The average molecular weight is 398 g/mol. The molecule has 0 aliphatic carbocycles. The zero-order chi connectivity index (χ0) is 14.2. The first kappa shape index (κ1) is 14.6. The third kappa shape index (κ3) is 3.62. The predicted molar refractivity (Wildman–Crippen MR) is 77.0 cm³/mol. The fourth-order valence-corrected chi connectivity index (χ4v) is 3.59. The Balaban J connectivity index is 2.20. The van der Waals surface area contributed by atoms with Crippen molar-refractivity contribution < 1.29 is 17.1 Å². The maximum absolute atomic E-state index is 12.7. The molecule has 5 nitrogen and oxygen atoms in total. The van der Waals surface area contributed by atoms with E-state index in [0.29, 0.717) is 5.82 Å². The van der Waals surface area contributed by atoms with Gasteiger partial charge in [0.2, 0.25) is 5.91 Å². The van der Waals surface area contributed by atoms with E-state index in [-0.39, 0.29) is 18.9 Å². The average Bonchev–Trinajstić information content (AvgIpc) is 2.56. The summed E-state index contributed by atoms with van der Waals surface area (Å²) in [5.74, 6) is -0.823. The number of nitrogens with zero attached hydrogens (tertiary/aromatic N) is 2. The van der Waals surface area contributed by atoms with Crippen molar-refractivity contribution in [1.29, 1.82) is 0 Å². The van der Waals surface area contributed by atoms with E-state index in [2.05, 4.69) is 27.6 Å². The highest BCUT2D eigenvalue weighted by atomic mass is 127. The van der Waals surface area contributed by atoms with Gasteiger partial charge in [-0.15, -0.1) is 3.89 Å². The van der Waals surface area contributed by atoms with Crippen LogP contribution in [0, 0.1) is 16.4 Å². The van der Waals surface area contributed by atoms with Gasteiger partial charge < -0.3 is 0 Å². The first-order valence-corrected chi connectivity index (χ1v) is 8.24. The van der Waals surface area contributed by atoms with Crippen molar-refractivity contribution in [3.05, 3.63) is 21.4 Å². The smallest absolute Gasteiger partial charge is 0.296 e. The van der Waals surface area contributed by atoms with Crippen LogP contribution in [-0.4, -0.2) is 31.6 Å². The summed E-state index contributed by atoms with van der Waals surface area (Å²) in [6, 6.07) is 1.88. The van der Waals surface area contributed by atoms with Crippen molar-refractivity contribution in [1.82, 2.24) is 4.98 Å². The molecule has 1 fully saturated rings. The van der Waals surface area contributed by atoms with Crippen molar-refractivity contribution >= 4 is 44.5 Å². The quantitative estimate of drug-likeness (QED) is 0.574. The molecule has 0 bridgehead atoms. The van der Waals surface area contributed by atoms with Crippen LogP contribution >= 0.6 is 22.6 Å². The van der Waals surface area contributed by atoms with E-state index >= 15 is 0 Å². The molecular formula is C11H12FIN2O3S. The summed E-state index contributed by atoms with van der Waals surface area (Å²) in [6.45, 7) is 2.02. The summed E-state index contributed by atoms with van der Waals surface area (Å²) < 4.78 is 34.9. The van der Waals surface area contributed by atoms with E-state index < -0.39 is 21.9 Å². The van der Waals surface area contributed by atoms with Gasteiger partial charge in [0.25, 0.3) is 0 Å². The molecule has 1 aliphatic heterocycles. The number of amides is 1. The molecule has 0 N–H and O–H groups in total. The lowest BCUT2D eigenvalue weighted by Crippen LogP contribution is -2.27. The van der Waals surface area contributed by atoms with Gasteiger partial charge in [0.15, 0.2) is 0 Å². The SMILES string of the molecule is Cc1cc(I)cnc1N1CC(CS(=O)(=O)F)CC1=O. The van der Waals surface area contributed by atoms with Gasteiger partial charge in [-0.1, -0.05) is 0 Å². The second kappa shape index (κ2) is 5.31.